The van der Waals surface area contributed by atoms with Gasteiger partial charge in [0.05, 0.1) is 0 Å². The molecule has 4 aromatic rings. The molecule has 0 aromatic heterocycles. The zero-order chi connectivity index (χ0) is 19.9. The summed E-state index contributed by atoms with van der Waals surface area (Å²) in [7, 11) is 0. The van der Waals surface area contributed by atoms with Crippen LogP contribution in [0.25, 0.3) is 5.57 Å². The van der Waals surface area contributed by atoms with Crippen molar-refractivity contribution in [2.75, 3.05) is 0 Å². The Hall–Kier alpha value is -3.78. The predicted molar refractivity (Wildman–Crippen MR) is 119 cm³/mol. The third-order valence-electron chi connectivity index (χ3n) is 4.58. The first-order valence-electron chi connectivity index (χ1n) is 9.65. The minimum atomic E-state index is 0.821. The summed E-state index contributed by atoms with van der Waals surface area (Å²) in [5.74, 6) is 3.31. The number of rotatable bonds is 6. The van der Waals surface area contributed by atoms with Gasteiger partial charge in [0.1, 0.15) is 23.0 Å². The number of allylic oxidation sites excluding steroid dienone is 1. The van der Waals surface area contributed by atoms with Crippen LogP contribution in [0.2, 0.25) is 0 Å². The van der Waals surface area contributed by atoms with Crippen molar-refractivity contribution in [3.8, 4) is 23.0 Å². The molecule has 142 valence electrons. The molecule has 4 rings (SSSR count). The van der Waals surface area contributed by atoms with Crippen molar-refractivity contribution in [2.45, 2.75) is 6.92 Å². The molecule has 0 fully saturated rings. The fourth-order valence-electron chi connectivity index (χ4n) is 3.15. The van der Waals surface area contributed by atoms with Crippen LogP contribution < -0.4 is 9.47 Å². The van der Waals surface area contributed by atoms with Crippen LogP contribution in [0.1, 0.15) is 18.1 Å². The van der Waals surface area contributed by atoms with Crippen molar-refractivity contribution in [3.63, 3.8) is 0 Å². The van der Waals surface area contributed by atoms with Crippen molar-refractivity contribution < 1.29 is 9.47 Å². The largest absolute Gasteiger partial charge is 0.457 e. The normalized spacial score (nSPS) is 10.2. The van der Waals surface area contributed by atoms with Crippen LogP contribution in [-0.2, 0) is 0 Å². The first-order valence-corrected chi connectivity index (χ1v) is 9.65. The molecule has 4 aromatic carbocycles. The van der Waals surface area contributed by atoms with Crippen LogP contribution in [0.4, 0.5) is 0 Å². The second-order valence-corrected chi connectivity index (χ2v) is 6.58. The van der Waals surface area contributed by atoms with Gasteiger partial charge in [-0.1, -0.05) is 66.7 Å². The fraction of sp³-hybridized carbons (Fsp3) is 0.0370. The third kappa shape index (κ3) is 4.74. The third-order valence-corrected chi connectivity index (χ3v) is 4.58. The summed E-state index contributed by atoms with van der Waals surface area (Å²) >= 11 is 0. The number of para-hydroxylation sites is 2. The van der Waals surface area contributed by atoms with Crippen molar-refractivity contribution in [3.05, 3.63) is 126 Å². The lowest BCUT2D eigenvalue weighted by atomic mass is 9.97. The van der Waals surface area contributed by atoms with Gasteiger partial charge in [-0.3, -0.25) is 0 Å². The summed E-state index contributed by atoms with van der Waals surface area (Å²) in [6, 6.07) is 35.9. The zero-order valence-corrected chi connectivity index (χ0v) is 16.3. The highest BCUT2D eigenvalue weighted by atomic mass is 16.5. The van der Waals surface area contributed by atoms with E-state index in [2.05, 4.69) is 37.3 Å². The minimum absolute atomic E-state index is 0.821. The highest BCUT2D eigenvalue weighted by Gasteiger charge is 2.06. The Morgan fingerprint density at radius 3 is 1.17 bits per heavy atom. The maximum Gasteiger partial charge on any atom is 0.127 e. The van der Waals surface area contributed by atoms with Gasteiger partial charge in [-0.25, -0.2) is 0 Å². The van der Waals surface area contributed by atoms with Gasteiger partial charge in [0.15, 0.2) is 0 Å². The molecule has 2 heteroatoms. The molecular formula is C27H22O2. The lowest BCUT2D eigenvalue weighted by molar-refractivity contribution is 0.482. The van der Waals surface area contributed by atoms with E-state index in [1.54, 1.807) is 0 Å². The molecule has 29 heavy (non-hydrogen) atoms. The fourth-order valence-corrected chi connectivity index (χ4v) is 3.15. The molecule has 0 aliphatic rings. The lowest BCUT2D eigenvalue weighted by Gasteiger charge is -2.11. The Bertz CT molecular complexity index is 978. The number of benzene rings is 4. The standard InChI is InChI=1S/C27H22O2/c1-2-27(21-13-17-25(18-14-21)28-23-9-5-3-6-10-23)22-15-19-26(20-16-22)29-24-11-7-4-8-12-24/h2-20H,1H3. The topological polar surface area (TPSA) is 18.5 Å². The van der Waals surface area contributed by atoms with Crippen LogP contribution in [0.15, 0.2) is 115 Å². The Labute approximate surface area is 171 Å². The molecule has 0 unspecified atom stereocenters. The van der Waals surface area contributed by atoms with Gasteiger partial charge in [-0.2, -0.15) is 0 Å². The average molecular weight is 378 g/mol. The summed E-state index contributed by atoms with van der Waals surface area (Å²) < 4.78 is 11.8. The van der Waals surface area contributed by atoms with Gasteiger partial charge < -0.3 is 9.47 Å². The van der Waals surface area contributed by atoms with Crippen LogP contribution in [0, 0.1) is 0 Å². The smallest absolute Gasteiger partial charge is 0.127 e. The van der Waals surface area contributed by atoms with Gasteiger partial charge in [0, 0.05) is 0 Å². The summed E-state index contributed by atoms with van der Waals surface area (Å²) in [5, 5.41) is 0. The zero-order valence-electron chi connectivity index (χ0n) is 16.3. The van der Waals surface area contributed by atoms with Gasteiger partial charge in [0.25, 0.3) is 0 Å². The average Bonchev–Trinajstić information content (AvgIpc) is 2.78. The van der Waals surface area contributed by atoms with Gasteiger partial charge >= 0.3 is 0 Å². The summed E-state index contributed by atoms with van der Waals surface area (Å²) in [6.45, 7) is 2.05. The van der Waals surface area contributed by atoms with Crippen molar-refractivity contribution in [2.24, 2.45) is 0 Å². The Balaban J connectivity index is 1.48. The molecule has 0 aliphatic carbocycles. The van der Waals surface area contributed by atoms with E-state index in [0.717, 1.165) is 34.1 Å². The molecule has 0 spiro atoms. The lowest BCUT2D eigenvalue weighted by Crippen LogP contribution is -1.90. The highest BCUT2D eigenvalue weighted by molar-refractivity contribution is 5.80. The first kappa shape index (κ1) is 18.6. The van der Waals surface area contributed by atoms with E-state index in [1.807, 2.05) is 84.9 Å². The minimum Gasteiger partial charge on any atom is -0.457 e. The van der Waals surface area contributed by atoms with E-state index in [1.165, 1.54) is 5.57 Å². The molecule has 0 heterocycles. The Kier molecular flexibility index (Phi) is 5.73. The Morgan fingerprint density at radius 2 is 0.828 bits per heavy atom. The van der Waals surface area contributed by atoms with E-state index >= 15 is 0 Å². The van der Waals surface area contributed by atoms with Crippen LogP contribution in [0.3, 0.4) is 0 Å². The molecule has 0 N–H and O–H groups in total. The van der Waals surface area contributed by atoms with Crippen molar-refractivity contribution in [1.82, 2.24) is 0 Å². The molecule has 0 saturated heterocycles. The van der Waals surface area contributed by atoms with E-state index in [0.29, 0.717) is 0 Å². The SMILES string of the molecule is CC=C(c1ccc(Oc2ccccc2)cc1)c1ccc(Oc2ccccc2)cc1. The summed E-state index contributed by atoms with van der Waals surface area (Å²) in [4.78, 5) is 0. The molecule has 0 radical (unpaired) electrons. The van der Waals surface area contributed by atoms with Crippen LogP contribution in [-0.4, -0.2) is 0 Å². The molecule has 0 atom stereocenters. The van der Waals surface area contributed by atoms with E-state index in [4.69, 9.17) is 9.47 Å². The number of ether oxygens (including phenoxy) is 2. The summed E-state index contributed by atoms with van der Waals surface area (Å²) in [5.41, 5.74) is 3.46. The molecule has 0 aliphatic heterocycles. The second kappa shape index (κ2) is 8.94. The van der Waals surface area contributed by atoms with E-state index in [9.17, 15) is 0 Å². The second-order valence-electron chi connectivity index (χ2n) is 6.58. The molecule has 2 nitrogen and oxygen atoms in total. The monoisotopic (exact) mass is 378 g/mol. The maximum atomic E-state index is 5.89. The molecule has 0 saturated carbocycles. The van der Waals surface area contributed by atoms with Crippen molar-refractivity contribution in [1.29, 1.82) is 0 Å². The number of hydrogen-bond donors (Lipinski definition) is 0. The van der Waals surface area contributed by atoms with E-state index in [-0.39, 0.29) is 0 Å². The van der Waals surface area contributed by atoms with Gasteiger partial charge in [0.2, 0.25) is 0 Å². The molecule has 0 amide bonds. The first-order chi connectivity index (χ1) is 14.3. The predicted octanol–water partition coefficient (Wildman–Crippen LogP) is 7.72. The van der Waals surface area contributed by atoms with E-state index < -0.39 is 0 Å². The van der Waals surface area contributed by atoms with Gasteiger partial charge in [-0.15, -0.1) is 0 Å². The Morgan fingerprint density at radius 1 is 0.483 bits per heavy atom. The molecule has 0 bridgehead atoms. The maximum absolute atomic E-state index is 5.89. The quantitative estimate of drug-likeness (QED) is 0.342. The van der Waals surface area contributed by atoms with Crippen molar-refractivity contribution >= 4 is 5.57 Å². The van der Waals surface area contributed by atoms with Crippen LogP contribution in [0.5, 0.6) is 23.0 Å². The highest BCUT2D eigenvalue weighted by Crippen LogP contribution is 2.29. The van der Waals surface area contributed by atoms with Gasteiger partial charge in [-0.05, 0) is 72.2 Å². The number of hydrogen-bond acceptors (Lipinski definition) is 2. The van der Waals surface area contributed by atoms with Crippen LogP contribution >= 0.6 is 0 Å². The molecular weight excluding hydrogens is 356 g/mol. The summed E-state index contributed by atoms with van der Waals surface area (Å²) in [6.07, 6.45) is 2.13.